The van der Waals surface area contributed by atoms with E-state index in [1.807, 2.05) is 0 Å². The summed E-state index contributed by atoms with van der Waals surface area (Å²) in [6.45, 7) is 7.06. The molecule has 3 aliphatic rings. The number of aliphatic hydroxyl groups excluding tert-OH is 1. The van der Waals surface area contributed by atoms with Crippen LogP contribution in [0.4, 0.5) is 0 Å². The Balaban J connectivity index is 2.14. The third-order valence-corrected chi connectivity index (χ3v) is 5.24. The molecule has 5 heteroatoms. The maximum absolute atomic E-state index is 11.8. The summed E-state index contributed by atoms with van der Waals surface area (Å²) in [7, 11) is 0. The van der Waals surface area contributed by atoms with Crippen molar-refractivity contribution in [2.45, 2.75) is 50.1 Å². The number of hydrogen-bond acceptors (Lipinski definition) is 5. The molecule has 1 aliphatic heterocycles. The zero-order valence-corrected chi connectivity index (χ0v) is 11.7. The average Bonchev–Trinajstić information content (AvgIpc) is 2.71. The van der Waals surface area contributed by atoms with Crippen LogP contribution in [0.25, 0.3) is 0 Å². The fraction of sp³-hybridized carbons (Fsp3) is 0.667. The Hall–Kier alpha value is -1.17. The van der Waals surface area contributed by atoms with E-state index in [1.165, 1.54) is 6.08 Å². The number of hydrogen-bond donors (Lipinski definition) is 3. The van der Waals surface area contributed by atoms with Gasteiger partial charge in [-0.05, 0) is 32.3 Å². The molecular weight excluding hydrogens is 260 g/mol. The molecule has 3 rings (SSSR count). The van der Waals surface area contributed by atoms with E-state index in [4.69, 9.17) is 4.74 Å². The van der Waals surface area contributed by atoms with Crippen LogP contribution in [-0.4, -0.2) is 44.7 Å². The van der Waals surface area contributed by atoms with Crippen LogP contribution in [0.3, 0.4) is 0 Å². The molecule has 3 N–H and O–H groups in total. The molecule has 5 nitrogen and oxygen atoms in total. The zero-order chi connectivity index (χ0) is 14.9. The van der Waals surface area contributed by atoms with Crippen LogP contribution in [0.1, 0.15) is 26.7 Å². The highest BCUT2D eigenvalue weighted by Crippen LogP contribution is 2.54. The van der Waals surface area contributed by atoms with Crippen molar-refractivity contribution in [2.24, 2.45) is 11.8 Å². The molecule has 0 aromatic rings. The van der Waals surface area contributed by atoms with Gasteiger partial charge in [0.15, 0.2) is 0 Å². The van der Waals surface area contributed by atoms with Crippen molar-refractivity contribution >= 4 is 5.97 Å². The Morgan fingerprint density at radius 2 is 2.10 bits per heavy atom. The molecule has 1 saturated carbocycles. The van der Waals surface area contributed by atoms with Gasteiger partial charge in [0.05, 0.1) is 17.6 Å². The molecule has 0 spiro atoms. The molecule has 2 aliphatic carbocycles. The van der Waals surface area contributed by atoms with Gasteiger partial charge in [-0.25, -0.2) is 4.79 Å². The normalized spacial score (nSPS) is 51.1. The number of carbonyl (C=O) groups excluding carboxylic acids is 1. The highest BCUT2D eigenvalue weighted by atomic mass is 16.6. The Morgan fingerprint density at radius 1 is 1.45 bits per heavy atom. The van der Waals surface area contributed by atoms with Crippen LogP contribution < -0.4 is 0 Å². The average molecular weight is 280 g/mol. The molecule has 110 valence electrons. The minimum absolute atomic E-state index is 0.322. The fourth-order valence-electron chi connectivity index (χ4n) is 4.17. The van der Waals surface area contributed by atoms with E-state index in [1.54, 1.807) is 13.8 Å². The Morgan fingerprint density at radius 3 is 2.75 bits per heavy atom. The van der Waals surface area contributed by atoms with Gasteiger partial charge in [0.1, 0.15) is 11.7 Å². The second kappa shape index (κ2) is 3.93. The highest BCUT2D eigenvalue weighted by molar-refractivity contribution is 5.91. The second-order valence-corrected chi connectivity index (χ2v) is 6.50. The van der Waals surface area contributed by atoms with Gasteiger partial charge in [-0.1, -0.05) is 12.7 Å². The van der Waals surface area contributed by atoms with Crippen LogP contribution >= 0.6 is 0 Å². The first-order chi connectivity index (χ1) is 9.19. The molecule has 20 heavy (non-hydrogen) atoms. The molecule has 1 saturated heterocycles. The summed E-state index contributed by atoms with van der Waals surface area (Å²) >= 11 is 0. The fourth-order valence-corrected chi connectivity index (χ4v) is 4.17. The van der Waals surface area contributed by atoms with Gasteiger partial charge in [-0.15, -0.1) is 0 Å². The van der Waals surface area contributed by atoms with Gasteiger partial charge in [-0.3, -0.25) is 0 Å². The smallest absolute Gasteiger partial charge is 0.334 e. The van der Waals surface area contributed by atoms with Gasteiger partial charge in [0.2, 0.25) is 0 Å². The first-order valence-corrected chi connectivity index (χ1v) is 6.91. The summed E-state index contributed by atoms with van der Waals surface area (Å²) < 4.78 is 5.34. The second-order valence-electron chi connectivity index (χ2n) is 6.50. The first-order valence-electron chi connectivity index (χ1n) is 6.91. The number of ether oxygens (including phenoxy) is 1. The number of rotatable bonds is 0. The third kappa shape index (κ3) is 1.51. The van der Waals surface area contributed by atoms with Crippen LogP contribution in [0.2, 0.25) is 0 Å². The minimum atomic E-state index is -1.54. The van der Waals surface area contributed by atoms with Gasteiger partial charge in [0.25, 0.3) is 0 Å². The predicted octanol–water partition coefficient (Wildman–Crippen LogP) is 0.297. The summed E-state index contributed by atoms with van der Waals surface area (Å²) in [4.78, 5) is 11.8. The lowest BCUT2D eigenvalue weighted by molar-refractivity contribution is -0.174. The molecule has 6 atom stereocenters. The maximum atomic E-state index is 11.8. The Kier molecular flexibility index (Phi) is 2.71. The molecule has 0 bridgehead atoms. The van der Waals surface area contributed by atoms with E-state index >= 15 is 0 Å². The first kappa shape index (κ1) is 13.8. The van der Waals surface area contributed by atoms with Crippen molar-refractivity contribution in [3.05, 3.63) is 23.8 Å². The van der Waals surface area contributed by atoms with Crippen molar-refractivity contribution in [3.63, 3.8) is 0 Å². The lowest BCUT2D eigenvalue weighted by atomic mass is 9.72. The molecular formula is C15H20O5. The van der Waals surface area contributed by atoms with E-state index in [2.05, 4.69) is 6.58 Å². The molecule has 0 aromatic heterocycles. The van der Waals surface area contributed by atoms with Gasteiger partial charge >= 0.3 is 5.97 Å². The highest BCUT2D eigenvalue weighted by Gasteiger charge is 2.65. The summed E-state index contributed by atoms with van der Waals surface area (Å²) in [6.07, 6.45) is 0.670. The van der Waals surface area contributed by atoms with Crippen LogP contribution in [-0.2, 0) is 9.53 Å². The van der Waals surface area contributed by atoms with Gasteiger partial charge in [0, 0.05) is 11.5 Å². The minimum Gasteiger partial charge on any atom is -0.455 e. The summed E-state index contributed by atoms with van der Waals surface area (Å²) in [6, 6.07) is 0. The largest absolute Gasteiger partial charge is 0.455 e. The van der Waals surface area contributed by atoms with Crippen molar-refractivity contribution in [1.29, 1.82) is 0 Å². The Labute approximate surface area is 117 Å². The zero-order valence-electron chi connectivity index (χ0n) is 11.7. The van der Waals surface area contributed by atoms with Gasteiger partial charge in [-0.2, -0.15) is 0 Å². The topological polar surface area (TPSA) is 87.0 Å². The van der Waals surface area contributed by atoms with Crippen LogP contribution in [0.5, 0.6) is 0 Å². The quantitative estimate of drug-likeness (QED) is 0.337. The van der Waals surface area contributed by atoms with Crippen LogP contribution in [0.15, 0.2) is 23.8 Å². The van der Waals surface area contributed by atoms with E-state index in [0.717, 1.165) is 0 Å². The number of fused-ring (bicyclic) bond motifs is 3. The van der Waals surface area contributed by atoms with E-state index in [9.17, 15) is 20.1 Å². The van der Waals surface area contributed by atoms with Crippen molar-refractivity contribution in [3.8, 4) is 0 Å². The van der Waals surface area contributed by atoms with E-state index in [-0.39, 0.29) is 5.92 Å². The summed E-state index contributed by atoms with van der Waals surface area (Å²) in [5.74, 6) is -1.62. The summed E-state index contributed by atoms with van der Waals surface area (Å²) in [5.41, 5.74) is -1.90. The van der Waals surface area contributed by atoms with Gasteiger partial charge < -0.3 is 20.1 Å². The third-order valence-electron chi connectivity index (χ3n) is 5.24. The van der Waals surface area contributed by atoms with Crippen molar-refractivity contribution < 1.29 is 24.9 Å². The molecule has 0 amide bonds. The molecule has 0 unspecified atom stereocenters. The number of carbonyl (C=O) groups is 1. The lowest BCUT2D eigenvalue weighted by Gasteiger charge is -2.42. The van der Waals surface area contributed by atoms with Crippen LogP contribution in [0, 0.1) is 11.8 Å². The Bertz CT molecular complexity index is 520. The molecule has 0 radical (unpaired) electrons. The number of aliphatic hydroxyl groups is 3. The standard InChI is InChI=1S/C15H20O5/c1-7-6-10(16)11-14(3,18)5-4-9-8(2)13(17)20-12(9)15(7,11)19/h6,9-12,16,18-19H,2,4-5H2,1,3H3/t9-,10+,11-,12-,14+,15+/m0/s1. The maximum Gasteiger partial charge on any atom is 0.334 e. The lowest BCUT2D eigenvalue weighted by Crippen LogP contribution is -2.57. The van der Waals surface area contributed by atoms with E-state index in [0.29, 0.717) is 24.0 Å². The van der Waals surface area contributed by atoms with Crippen molar-refractivity contribution in [1.82, 2.24) is 0 Å². The predicted molar refractivity (Wildman–Crippen MR) is 70.6 cm³/mol. The monoisotopic (exact) mass is 280 g/mol. The molecule has 1 heterocycles. The SMILES string of the molecule is C=C1C(=O)O[C@H]2[C@H]1CC[C@@](C)(O)[C@@H]1[C@H](O)C=C(C)[C@@]12O. The van der Waals surface area contributed by atoms with E-state index < -0.39 is 35.3 Å². The number of esters is 1. The van der Waals surface area contributed by atoms with Crippen molar-refractivity contribution in [2.75, 3.05) is 0 Å². The molecule has 2 fully saturated rings. The molecule has 0 aromatic carbocycles. The summed E-state index contributed by atoms with van der Waals surface area (Å²) in [5, 5.41) is 32.0.